The highest BCUT2D eigenvalue weighted by Gasteiger charge is 2.29. The molecule has 1 aromatic carbocycles. The van der Waals surface area contributed by atoms with E-state index in [1.54, 1.807) is 6.92 Å². The van der Waals surface area contributed by atoms with Gasteiger partial charge in [-0.25, -0.2) is 12.8 Å². The van der Waals surface area contributed by atoms with Crippen LogP contribution in [0.3, 0.4) is 0 Å². The molecule has 0 spiro atoms. The van der Waals surface area contributed by atoms with Gasteiger partial charge in [0.2, 0.25) is 10.0 Å². The summed E-state index contributed by atoms with van der Waals surface area (Å²) < 4.78 is 40.1. The standard InChI is InChI=1S/C16H25FN2O2S/c1-13-11-14(5-6-15(13)17)22(20,21)19-9-7-18(8-10-19)12-16(2,3)4/h5-6,11H,7-10,12H2,1-4H3. The Kier molecular flexibility index (Phi) is 4.94. The van der Waals surface area contributed by atoms with Crippen LogP contribution >= 0.6 is 0 Å². The lowest BCUT2D eigenvalue weighted by molar-refractivity contribution is 0.141. The molecule has 0 N–H and O–H groups in total. The summed E-state index contributed by atoms with van der Waals surface area (Å²) in [6.07, 6.45) is 0. The van der Waals surface area contributed by atoms with E-state index in [-0.39, 0.29) is 16.1 Å². The molecule has 6 heteroatoms. The summed E-state index contributed by atoms with van der Waals surface area (Å²) in [6, 6.07) is 3.98. The summed E-state index contributed by atoms with van der Waals surface area (Å²) in [6.45, 7) is 11.5. The fourth-order valence-electron chi connectivity index (χ4n) is 2.73. The fraction of sp³-hybridized carbons (Fsp3) is 0.625. The molecule has 1 heterocycles. The maximum absolute atomic E-state index is 13.3. The number of sulfonamides is 1. The van der Waals surface area contributed by atoms with E-state index in [0.29, 0.717) is 18.7 Å². The number of piperazine rings is 1. The molecule has 1 aliphatic heterocycles. The summed E-state index contributed by atoms with van der Waals surface area (Å²) in [5.41, 5.74) is 0.558. The van der Waals surface area contributed by atoms with Gasteiger partial charge in [0, 0.05) is 32.7 Å². The van der Waals surface area contributed by atoms with Gasteiger partial charge < -0.3 is 4.90 Å². The minimum atomic E-state index is -3.53. The number of hydrogen-bond donors (Lipinski definition) is 0. The zero-order valence-corrected chi connectivity index (χ0v) is 14.6. The zero-order chi connectivity index (χ0) is 16.5. The van der Waals surface area contributed by atoms with E-state index in [0.717, 1.165) is 19.6 Å². The van der Waals surface area contributed by atoms with Gasteiger partial charge in [0.05, 0.1) is 4.90 Å². The zero-order valence-electron chi connectivity index (χ0n) is 13.8. The molecule has 4 nitrogen and oxygen atoms in total. The summed E-state index contributed by atoms with van der Waals surface area (Å²) in [5, 5.41) is 0. The highest BCUT2D eigenvalue weighted by atomic mass is 32.2. The average Bonchev–Trinajstić information content (AvgIpc) is 2.40. The van der Waals surface area contributed by atoms with Gasteiger partial charge in [0.1, 0.15) is 5.82 Å². The van der Waals surface area contributed by atoms with Crippen LogP contribution in [0.1, 0.15) is 26.3 Å². The Morgan fingerprint density at radius 2 is 1.73 bits per heavy atom. The lowest BCUT2D eigenvalue weighted by Gasteiger charge is -2.37. The maximum atomic E-state index is 13.3. The molecule has 124 valence electrons. The normalized spacial score (nSPS) is 18.6. The van der Waals surface area contributed by atoms with Gasteiger partial charge in [-0.05, 0) is 36.1 Å². The van der Waals surface area contributed by atoms with Crippen LogP contribution in [0, 0.1) is 18.2 Å². The highest BCUT2D eigenvalue weighted by Crippen LogP contribution is 2.22. The van der Waals surface area contributed by atoms with Crippen molar-refractivity contribution >= 4 is 10.0 Å². The molecule has 0 amide bonds. The molecule has 0 bridgehead atoms. The Labute approximate surface area is 133 Å². The van der Waals surface area contributed by atoms with Crippen LogP contribution in [0.25, 0.3) is 0 Å². The molecule has 0 saturated carbocycles. The van der Waals surface area contributed by atoms with Crippen LogP contribution in [0.5, 0.6) is 0 Å². The van der Waals surface area contributed by atoms with Gasteiger partial charge in [0.25, 0.3) is 0 Å². The molecule has 1 saturated heterocycles. The van der Waals surface area contributed by atoms with Gasteiger partial charge in [-0.2, -0.15) is 4.31 Å². The minimum absolute atomic E-state index is 0.177. The number of rotatable bonds is 3. The first-order valence-electron chi connectivity index (χ1n) is 7.58. The predicted molar refractivity (Wildman–Crippen MR) is 85.8 cm³/mol. The summed E-state index contributed by atoms with van der Waals surface area (Å²) in [7, 11) is -3.53. The molecule has 2 rings (SSSR count). The second kappa shape index (κ2) is 6.26. The lowest BCUT2D eigenvalue weighted by Crippen LogP contribution is -2.50. The van der Waals surface area contributed by atoms with Crippen molar-refractivity contribution in [3.8, 4) is 0 Å². The number of hydrogen-bond acceptors (Lipinski definition) is 3. The topological polar surface area (TPSA) is 40.6 Å². The van der Waals surface area contributed by atoms with Crippen molar-refractivity contribution in [1.29, 1.82) is 0 Å². The van der Waals surface area contributed by atoms with Crippen molar-refractivity contribution in [2.45, 2.75) is 32.6 Å². The molecule has 22 heavy (non-hydrogen) atoms. The Morgan fingerprint density at radius 1 is 1.14 bits per heavy atom. The van der Waals surface area contributed by atoms with Gasteiger partial charge in [-0.3, -0.25) is 0 Å². The number of aryl methyl sites for hydroxylation is 1. The van der Waals surface area contributed by atoms with Crippen molar-refractivity contribution in [2.24, 2.45) is 5.41 Å². The van der Waals surface area contributed by atoms with Crippen molar-refractivity contribution in [3.63, 3.8) is 0 Å². The number of benzene rings is 1. The van der Waals surface area contributed by atoms with E-state index < -0.39 is 10.0 Å². The van der Waals surface area contributed by atoms with Gasteiger partial charge >= 0.3 is 0 Å². The maximum Gasteiger partial charge on any atom is 0.243 e. The predicted octanol–water partition coefficient (Wildman–Crippen LogP) is 2.49. The number of halogens is 1. The third-order valence-corrected chi connectivity index (χ3v) is 5.69. The smallest absolute Gasteiger partial charge is 0.243 e. The SMILES string of the molecule is Cc1cc(S(=O)(=O)N2CCN(CC(C)(C)C)CC2)ccc1F. The molecule has 0 atom stereocenters. The van der Waals surface area contributed by atoms with Crippen molar-refractivity contribution < 1.29 is 12.8 Å². The molecule has 0 unspecified atom stereocenters. The highest BCUT2D eigenvalue weighted by molar-refractivity contribution is 7.89. The second-order valence-corrected chi connectivity index (χ2v) is 9.09. The summed E-state index contributed by atoms with van der Waals surface area (Å²) in [5.74, 6) is -0.381. The van der Waals surface area contributed by atoms with Crippen LogP contribution in [-0.4, -0.2) is 50.3 Å². The van der Waals surface area contributed by atoms with Crippen molar-refractivity contribution in [3.05, 3.63) is 29.6 Å². The first-order valence-corrected chi connectivity index (χ1v) is 9.02. The van der Waals surface area contributed by atoms with Crippen molar-refractivity contribution in [2.75, 3.05) is 32.7 Å². The third-order valence-electron chi connectivity index (χ3n) is 3.80. The molecule has 1 fully saturated rings. The number of nitrogens with zero attached hydrogens (tertiary/aromatic N) is 2. The largest absolute Gasteiger partial charge is 0.300 e. The van der Waals surface area contributed by atoms with Crippen LogP contribution < -0.4 is 0 Å². The third kappa shape index (κ3) is 4.06. The van der Waals surface area contributed by atoms with E-state index >= 15 is 0 Å². The Bertz CT molecular complexity index is 630. The van der Waals surface area contributed by atoms with Gasteiger partial charge in [-0.15, -0.1) is 0 Å². The van der Waals surface area contributed by atoms with Crippen LogP contribution in [0.15, 0.2) is 23.1 Å². The first-order chi connectivity index (χ1) is 10.1. The lowest BCUT2D eigenvalue weighted by atomic mass is 9.96. The van der Waals surface area contributed by atoms with E-state index in [1.165, 1.54) is 22.5 Å². The Balaban J connectivity index is 2.08. The van der Waals surface area contributed by atoms with E-state index in [1.807, 2.05) is 0 Å². The quantitative estimate of drug-likeness (QED) is 0.856. The van der Waals surface area contributed by atoms with Crippen molar-refractivity contribution in [1.82, 2.24) is 9.21 Å². The van der Waals surface area contributed by atoms with E-state index in [2.05, 4.69) is 25.7 Å². The molecule has 1 aromatic rings. The first kappa shape index (κ1) is 17.4. The molecular formula is C16H25FN2O2S. The van der Waals surface area contributed by atoms with Crippen LogP contribution in [0.4, 0.5) is 4.39 Å². The molecule has 0 radical (unpaired) electrons. The van der Waals surface area contributed by atoms with Crippen LogP contribution in [-0.2, 0) is 10.0 Å². The average molecular weight is 328 g/mol. The minimum Gasteiger partial charge on any atom is -0.300 e. The van der Waals surface area contributed by atoms with Crippen LogP contribution in [0.2, 0.25) is 0 Å². The van der Waals surface area contributed by atoms with Gasteiger partial charge in [0.15, 0.2) is 0 Å². The van der Waals surface area contributed by atoms with Gasteiger partial charge in [-0.1, -0.05) is 20.8 Å². The molecule has 0 aliphatic carbocycles. The molecular weight excluding hydrogens is 303 g/mol. The Morgan fingerprint density at radius 3 is 2.23 bits per heavy atom. The monoisotopic (exact) mass is 328 g/mol. The Hall–Kier alpha value is -0.980. The second-order valence-electron chi connectivity index (χ2n) is 7.15. The summed E-state index contributed by atoms with van der Waals surface area (Å²) in [4.78, 5) is 2.47. The molecule has 1 aliphatic rings. The molecule has 0 aromatic heterocycles. The van der Waals surface area contributed by atoms with E-state index in [4.69, 9.17) is 0 Å². The fourth-order valence-corrected chi connectivity index (χ4v) is 4.23. The summed E-state index contributed by atoms with van der Waals surface area (Å²) >= 11 is 0. The van der Waals surface area contributed by atoms with E-state index in [9.17, 15) is 12.8 Å².